The van der Waals surface area contributed by atoms with E-state index in [4.69, 9.17) is 9.15 Å². The Morgan fingerprint density at radius 2 is 2.21 bits per heavy atom. The molecule has 2 aliphatic rings. The van der Waals surface area contributed by atoms with Crippen molar-refractivity contribution in [1.82, 2.24) is 20.4 Å². The monoisotopic (exact) mass is 328 g/mol. The van der Waals surface area contributed by atoms with Crippen LogP contribution in [0.3, 0.4) is 0 Å². The highest BCUT2D eigenvalue weighted by Gasteiger charge is 2.50. The number of para-hydroxylation sites is 1. The van der Waals surface area contributed by atoms with Crippen LogP contribution in [0.1, 0.15) is 25.2 Å². The van der Waals surface area contributed by atoms with Crippen molar-refractivity contribution in [3.05, 3.63) is 30.2 Å². The fraction of sp³-hybridized carbons (Fsp3) is 0.471. The van der Waals surface area contributed by atoms with Crippen LogP contribution < -0.4 is 10.1 Å². The summed E-state index contributed by atoms with van der Waals surface area (Å²) in [7, 11) is 1.61. The van der Waals surface area contributed by atoms with E-state index in [1.807, 2.05) is 24.3 Å². The normalized spacial score (nSPS) is 23.8. The highest BCUT2D eigenvalue weighted by atomic mass is 16.5. The fourth-order valence-electron chi connectivity index (χ4n) is 3.78. The topological polar surface area (TPSA) is 80.5 Å². The second-order valence-electron chi connectivity index (χ2n) is 6.26. The molecule has 7 nitrogen and oxygen atoms in total. The van der Waals surface area contributed by atoms with Crippen LogP contribution in [0.25, 0.3) is 11.5 Å². The average molecular weight is 328 g/mol. The average Bonchev–Trinajstić information content (AvgIpc) is 3.32. The Kier molecular flexibility index (Phi) is 3.72. The van der Waals surface area contributed by atoms with Crippen molar-refractivity contribution >= 4 is 5.91 Å². The molecule has 2 aromatic rings. The van der Waals surface area contributed by atoms with Gasteiger partial charge >= 0.3 is 0 Å². The number of methoxy groups -OCH3 is 1. The van der Waals surface area contributed by atoms with Gasteiger partial charge in [0.2, 0.25) is 11.8 Å². The van der Waals surface area contributed by atoms with Gasteiger partial charge in [0.05, 0.1) is 19.2 Å². The number of aromatic nitrogens is 2. The van der Waals surface area contributed by atoms with Crippen LogP contribution in [0.2, 0.25) is 0 Å². The molecule has 24 heavy (non-hydrogen) atoms. The van der Waals surface area contributed by atoms with Crippen LogP contribution >= 0.6 is 0 Å². The summed E-state index contributed by atoms with van der Waals surface area (Å²) in [5, 5.41) is 11.3. The number of likely N-dealkylation sites (tertiary alicyclic amines) is 1. The quantitative estimate of drug-likeness (QED) is 0.918. The highest BCUT2D eigenvalue weighted by Crippen LogP contribution is 2.37. The molecule has 0 aliphatic carbocycles. The molecular weight excluding hydrogens is 308 g/mol. The predicted octanol–water partition coefficient (Wildman–Crippen LogP) is 1.60. The molecule has 0 radical (unpaired) electrons. The standard InChI is InChI=1S/C17H20N4O3/c1-23-13-6-3-2-5-12(13)15-20-19-14(24-15)11-21-10-4-7-17(21)8-9-18-16(17)22/h2-3,5-6H,4,7-11H2,1H3,(H,18,22). The molecule has 1 aromatic carbocycles. The lowest BCUT2D eigenvalue weighted by atomic mass is 9.94. The molecule has 1 unspecified atom stereocenters. The number of carbonyl (C=O) groups excluding carboxylic acids is 1. The van der Waals surface area contributed by atoms with E-state index in [1.165, 1.54) is 0 Å². The largest absolute Gasteiger partial charge is 0.496 e. The molecule has 2 fully saturated rings. The third-order valence-electron chi connectivity index (χ3n) is 5.00. The lowest BCUT2D eigenvalue weighted by Gasteiger charge is -2.30. The molecule has 0 saturated carbocycles. The predicted molar refractivity (Wildman–Crippen MR) is 86.3 cm³/mol. The number of nitrogens with zero attached hydrogens (tertiary/aromatic N) is 3. The van der Waals surface area contributed by atoms with Gasteiger partial charge < -0.3 is 14.5 Å². The first-order valence-electron chi connectivity index (χ1n) is 8.22. The SMILES string of the molecule is COc1ccccc1-c1nnc(CN2CCCC23CCNC3=O)o1. The second-order valence-corrected chi connectivity index (χ2v) is 6.26. The van der Waals surface area contributed by atoms with Crippen molar-refractivity contribution in [3.63, 3.8) is 0 Å². The molecule has 1 atom stereocenters. The Hall–Kier alpha value is -2.41. The number of ether oxygens (including phenoxy) is 1. The van der Waals surface area contributed by atoms with E-state index >= 15 is 0 Å². The first-order chi connectivity index (χ1) is 11.7. The summed E-state index contributed by atoms with van der Waals surface area (Å²) in [5.74, 6) is 1.79. The van der Waals surface area contributed by atoms with Gasteiger partial charge in [-0.25, -0.2) is 0 Å². The van der Waals surface area contributed by atoms with E-state index in [0.29, 0.717) is 24.1 Å². The van der Waals surface area contributed by atoms with Gasteiger partial charge in [0, 0.05) is 6.54 Å². The summed E-state index contributed by atoms with van der Waals surface area (Å²) in [6, 6.07) is 7.54. The maximum absolute atomic E-state index is 12.3. The minimum Gasteiger partial charge on any atom is -0.496 e. The molecule has 4 rings (SSSR count). The third kappa shape index (κ3) is 2.36. The molecular formula is C17H20N4O3. The number of amides is 1. The Bertz CT molecular complexity index is 756. The first-order valence-corrected chi connectivity index (χ1v) is 8.22. The number of benzene rings is 1. The number of rotatable bonds is 4. The summed E-state index contributed by atoms with van der Waals surface area (Å²) in [6.07, 6.45) is 2.76. The zero-order valence-corrected chi connectivity index (χ0v) is 13.6. The van der Waals surface area contributed by atoms with Gasteiger partial charge in [0.25, 0.3) is 5.89 Å². The number of hydrogen-bond donors (Lipinski definition) is 1. The molecule has 1 N–H and O–H groups in total. The molecule has 7 heteroatoms. The summed E-state index contributed by atoms with van der Waals surface area (Å²) in [5.41, 5.74) is 0.382. The van der Waals surface area contributed by atoms with Crippen LogP contribution in [0.15, 0.2) is 28.7 Å². The molecule has 1 aromatic heterocycles. The van der Waals surface area contributed by atoms with Gasteiger partial charge in [-0.2, -0.15) is 0 Å². The van der Waals surface area contributed by atoms with E-state index < -0.39 is 0 Å². The molecule has 126 valence electrons. The number of carbonyl (C=O) groups is 1. The maximum Gasteiger partial charge on any atom is 0.251 e. The van der Waals surface area contributed by atoms with Gasteiger partial charge in [-0.3, -0.25) is 9.69 Å². The Balaban J connectivity index is 1.57. The summed E-state index contributed by atoms with van der Waals surface area (Å²) < 4.78 is 11.2. The highest BCUT2D eigenvalue weighted by molar-refractivity contribution is 5.88. The molecule has 1 spiro atoms. The zero-order valence-electron chi connectivity index (χ0n) is 13.6. The van der Waals surface area contributed by atoms with Crippen molar-refractivity contribution in [2.24, 2.45) is 0 Å². The molecule has 0 bridgehead atoms. The van der Waals surface area contributed by atoms with Crippen LogP contribution in [0, 0.1) is 0 Å². The van der Waals surface area contributed by atoms with Gasteiger partial charge in [-0.1, -0.05) is 12.1 Å². The van der Waals surface area contributed by atoms with Crippen molar-refractivity contribution in [2.45, 2.75) is 31.3 Å². The van der Waals surface area contributed by atoms with Gasteiger partial charge in [-0.15, -0.1) is 10.2 Å². The number of nitrogens with one attached hydrogen (secondary N) is 1. The molecule has 3 heterocycles. The second kappa shape index (κ2) is 5.90. The van der Waals surface area contributed by atoms with Crippen LogP contribution in [0.5, 0.6) is 5.75 Å². The zero-order chi connectivity index (χ0) is 16.6. The van der Waals surface area contributed by atoms with E-state index in [9.17, 15) is 4.79 Å². The van der Waals surface area contributed by atoms with Crippen molar-refractivity contribution in [3.8, 4) is 17.2 Å². The minimum absolute atomic E-state index is 0.129. The minimum atomic E-state index is -0.390. The Morgan fingerprint density at radius 1 is 1.33 bits per heavy atom. The van der Waals surface area contributed by atoms with E-state index in [1.54, 1.807) is 7.11 Å². The van der Waals surface area contributed by atoms with Crippen LogP contribution in [-0.2, 0) is 11.3 Å². The molecule has 2 saturated heterocycles. The van der Waals surface area contributed by atoms with Gasteiger partial charge in [-0.05, 0) is 37.9 Å². The van der Waals surface area contributed by atoms with Gasteiger partial charge in [0.1, 0.15) is 11.3 Å². The van der Waals surface area contributed by atoms with Crippen LogP contribution in [-0.4, -0.2) is 46.7 Å². The lowest BCUT2D eigenvalue weighted by Crippen LogP contribution is -2.49. The first kappa shape index (κ1) is 15.1. The maximum atomic E-state index is 12.3. The van der Waals surface area contributed by atoms with Crippen LogP contribution in [0.4, 0.5) is 0 Å². The van der Waals surface area contributed by atoms with E-state index in [0.717, 1.165) is 37.9 Å². The Labute approximate surface area is 140 Å². The fourth-order valence-corrected chi connectivity index (χ4v) is 3.78. The van der Waals surface area contributed by atoms with Crippen molar-refractivity contribution < 1.29 is 13.9 Å². The lowest BCUT2D eigenvalue weighted by molar-refractivity contribution is -0.128. The smallest absolute Gasteiger partial charge is 0.251 e. The molecule has 1 amide bonds. The summed E-state index contributed by atoms with van der Waals surface area (Å²) in [4.78, 5) is 14.4. The number of hydrogen-bond acceptors (Lipinski definition) is 6. The van der Waals surface area contributed by atoms with E-state index in [-0.39, 0.29) is 11.4 Å². The summed E-state index contributed by atoms with van der Waals surface area (Å²) >= 11 is 0. The Morgan fingerprint density at radius 3 is 3.00 bits per heavy atom. The van der Waals surface area contributed by atoms with Gasteiger partial charge in [0.15, 0.2) is 0 Å². The van der Waals surface area contributed by atoms with Crippen molar-refractivity contribution in [1.29, 1.82) is 0 Å². The molecule has 2 aliphatic heterocycles. The van der Waals surface area contributed by atoms with E-state index in [2.05, 4.69) is 20.4 Å². The van der Waals surface area contributed by atoms with Crippen molar-refractivity contribution in [2.75, 3.05) is 20.2 Å². The third-order valence-corrected chi connectivity index (χ3v) is 5.00. The summed E-state index contributed by atoms with van der Waals surface area (Å²) in [6.45, 7) is 2.11.